The number of aromatic amines is 1. The van der Waals surface area contributed by atoms with E-state index < -0.39 is 0 Å². The summed E-state index contributed by atoms with van der Waals surface area (Å²) in [5, 5.41) is 14.2. The highest BCUT2D eigenvalue weighted by molar-refractivity contribution is 6.33. The van der Waals surface area contributed by atoms with Crippen molar-refractivity contribution in [3.8, 4) is 22.9 Å². The van der Waals surface area contributed by atoms with Crippen molar-refractivity contribution >= 4 is 34.8 Å². The Bertz CT molecular complexity index is 1270. The Morgan fingerprint density at radius 2 is 2.03 bits per heavy atom. The Hall–Kier alpha value is -3.84. The highest BCUT2D eigenvalue weighted by Crippen LogP contribution is 2.27. The van der Waals surface area contributed by atoms with Crippen LogP contribution < -0.4 is 10.2 Å². The average Bonchev–Trinajstić information content (AvgIpc) is 3.18. The van der Waals surface area contributed by atoms with Crippen molar-refractivity contribution < 1.29 is 14.6 Å². The van der Waals surface area contributed by atoms with E-state index in [9.17, 15) is 9.90 Å². The summed E-state index contributed by atoms with van der Waals surface area (Å²) < 4.78 is 5.05. The lowest BCUT2D eigenvalue weighted by atomic mass is 10.2. The molecule has 30 heavy (non-hydrogen) atoms. The summed E-state index contributed by atoms with van der Waals surface area (Å²) in [5.41, 5.74) is 5.80. The molecular formula is C22H17ClN4O3. The van der Waals surface area contributed by atoms with Crippen molar-refractivity contribution in [3.05, 3.63) is 76.8 Å². The number of hydrogen-bond acceptors (Lipinski definition) is 5. The molecule has 3 aromatic carbocycles. The number of aromatic nitrogens is 2. The first-order chi connectivity index (χ1) is 14.5. The smallest absolute Gasteiger partial charge is 0.271 e. The van der Waals surface area contributed by atoms with Crippen LogP contribution >= 0.6 is 11.6 Å². The largest absolute Gasteiger partial charge is 0.504 e. The Morgan fingerprint density at radius 3 is 2.83 bits per heavy atom. The van der Waals surface area contributed by atoms with Crippen molar-refractivity contribution in [2.45, 2.75) is 0 Å². The molecule has 0 bridgehead atoms. The number of H-pyrrole nitrogens is 1. The minimum Gasteiger partial charge on any atom is -0.504 e. The van der Waals surface area contributed by atoms with Gasteiger partial charge < -0.3 is 14.8 Å². The van der Waals surface area contributed by atoms with Crippen LogP contribution in [0.5, 0.6) is 11.5 Å². The lowest BCUT2D eigenvalue weighted by molar-refractivity contribution is 0.0955. The molecule has 0 aliphatic rings. The molecule has 0 saturated heterocycles. The van der Waals surface area contributed by atoms with E-state index in [1.165, 1.54) is 19.4 Å². The minimum absolute atomic E-state index is 0.0303. The highest BCUT2D eigenvalue weighted by Gasteiger charge is 2.11. The molecule has 150 valence electrons. The molecule has 0 atom stereocenters. The molecule has 0 unspecified atom stereocenters. The predicted octanol–water partition coefficient (Wildman–Crippen LogP) is 4.36. The van der Waals surface area contributed by atoms with Crippen LogP contribution in [-0.4, -0.2) is 34.3 Å². The van der Waals surface area contributed by atoms with Crippen LogP contribution in [0.4, 0.5) is 0 Å². The van der Waals surface area contributed by atoms with Gasteiger partial charge in [0, 0.05) is 11.1 Å². The fourth-order valence-electron chi connectivity index (χ4n) is 2.94. The maximum Gasteiger partial charge on any atom is 0.271 e. The van der Waals surface area contributed by atoms with Crippen LogP contribution in [0.2, 0.25) is 5.02 Å². The Morgan fingerprint density at radius 1 is 1.20 bits per heavy atom. The van der Waals surface area contributed by atoms with E-state index in [0.717, 1.165) is 11.1 Å². The molecular weight excluding hydrogens is 404 g/mol. The number of phenolic OH excluding ortho intramolecular Hbond substituents is 1. The number of benzene rings is 3. The molecule has 4 rings (SSSR count). The number of ether oxygens (including phenoxy) is 1. The molecule has 0 aliphatic heterocycles. The first-order valence-electron chi connectivity index (χ1n) is 9.00. The maximum atomic E-state index is 12.4. The molecule has 4 aromatic rings. The summed E-state index contributed by atoms with van der Waals surface area (Å²) in [4.78, 5) is 20.2. The van der Waals surface area contributed by atoms with Gasteiger partial charge in [0.25, 0.3) is 5.91 Å². The molecule has 0 radical (unpaired) electrons. The summed E-state index contributed by atoms with van der Waals surface area (Å²) in [6.07, 6.45) is 1.46. The van der Waals surface area contributed by atoms with Crippen LogP contribution in [0, 0.1) is 0 Å². The third-order valence-corrected chi connectivity index (χ3v) is 4.79. The Labute approximate surface area is 177 Å². The van der Waals surface area contributed by atoms with Crippen LogP contribution in [0.1, 0.15) is 15.9 Å². The fraction of sp³-hybridized carbons (Fsp3) is 0.0455. The number of carbonyl (C=O) groups is 1. The van der Waals surface area contributed by atoms with Gasteiger partial charge in [0.05, 0.1) is 29.4 Å². The standard InChI is InChI=1S/C22H17ClN4O3/c1-30-20-10-13(6-9-19(20)28)12-24-27-22(29)14-7-8-17-18(11-14)26-21(25-17)15-4-2-3-5-16(15)23/h2-12,28H,1H3,(H,25,26)(H,27,29)/b24-12+. The van der Waals surface area contributed by atoms with Gasteiger partial charge in [-0.2, -0.15) is 5.10 Å². The molecule has 3 N–H and O–H groups in total. The predicted molar refractivity (Wildman–Crippen MR) is 116 cm³/mol. The number of hydrogen-bond donors (Lipinski definition) is 3. The molecule has 0 spiro atoms. The van der Waals surface area contributed by atoms with Crippen LogP contribution in [-0.2, 0) is 0 Å². The van der Waals surface area contributed by atoms with Gasteiger partial charge in [0.1, 0.15) is 5.82 Å². The van der Waals surface area contributed by atoms with E-state index in [-0.39, 0.29) is 11.7 Å². The topological polar surface area (TPSA) is 99.6 Å². The second-order valence-corrected chi connectivity index (χ2v) is 6.83. The van der Waals surface area contributed by atoms with E-state index in [1.54, 1.807) is 36.4 Å². The number of hydrazone groups is 1. The van der Waals surface area contributed by atoms with Crippen LogP contribution in [0.15, 0.2) is 65.8 Å². The van der Waals surface area contributed by atoms with E-state index in [0.29, 0.717) is 33.2 Å². The number of imidazole rings is 1. The number of methoxy groups -OCH3 is 1. The van der Waals surface area contributed by atoms with Gasteiger partial charge in [0.2, 0.25) is 0 Å². The zero-order valence-electron chi connectivity index (χ0n) is 15.9. The molecule has 8 heteroatoms. The van der Waals surface area contributed by atoms with E-state index in [2.05, 4.69) is 20.5 Å². The van der Waals surface area contributed by atoms with E-state index in [1.807, 2.05) is 18.2 Å². The summed E-state index contributed by atoms with van der Waals surface area (Å²) >= 11 is 6.24. The highest BCUT2D eigenvalue weighted by atomic mass is 35.5. The number of rotatable bonds is 5. The Kier molecular flexibility index (Phi) is 5.36. The Balaban J connectivity index is 1.51. The molecule has 7 nitrogen and oxygen atoms in total. The lowest BCUT2D eigenvalue weighted by Gasteiger charge is -2.03. The second kappa shape index (κ2) is 8.26. The number of nitrogens with one attached hydrogen (secondary N) is 2. The quantitative estimate of drug-likeness (QED) is 0.330. The number of amides is 1. The zero-order chi connectivity index (χ0) is 21.1. The van der Waals surface area contributed by atoms with Crippen LogP contribution in [0.25, 0.3) is 22.4 Å². The summed E-state index contributed by atoms with van der Waals surface area (Å²) in [6.45, 7) is 0. The third-order valence-electron chi connectivity index (χ3n) is 4.46. The fourth-order valence-corrected chi connectivity index (χ4v) is 3.16. The van der Waals surface area contributed by atoms with Gasteiger partial charge >= 0.3 is 0 Å². The molecule has 1 aromatic heterocycles. The first kappa shape index (κ1) is 19.5. The van der Waals surface area contributed by atoms with Crippen molar-refractivity contribution in [3.63, 3.8) is 0 Å². The normalized spacial score (nSPS) is 11.1. The molecule has 0 saturated carbocycles. The van der Waals surface area contributed by atoms with Crippen molar-refractivity contribution in [1.82, 2.24) is 15.4 Å². The van der Waals surface area contributed by atoms with Gasteiger partial charge in [0.15, 0.2) is 11.5 Å². The van der Waals surface area contributed by atoms with Crippen molar-refractivity contribution in [1.29, 1.82) is 0 Å². The SMILES string of the molecule is COc1cc(/C=N/NC(=O)c2ccc3nc(-c4ccccc4Cl)[nH]c3c2)ccc1O. The molecule has 0 aliphatic carbocycles. The monoisotopic (exact) mass is 420 g/mol. The maximum absolute atomic E-state index is 12.4. The van der Waals surface area contributed by atoms with Gasteiger partial charge in [-0.25, -0.2) is 10.4 Å². The van der Waals surface area contributed by atoms with Gasteiger partial charge in [-0.3, -0.25) is 4.79 Å². The van der Waals surface area contributed by atoms with Crippen molar-refractivity contribution in [2.75, 3.05) is 7.11 Å². The van der Waals surface area contributed by atoms with E-state index in [4.69, 9.17) is 16.3 Å². The zero-order valence-corrected chi connectivity index (χ0v) is 16.6. The average molecular weight is 421 g/mol. The second-order valence-electron chi connectivity index (χ2n) is 6.43. The van der Waals surface area contributed by atoms with Crippen molar-refractivity contribution in [2.24, 2.45) is 5.10 Å². The first-order valence-corrected chi connectivity index (χ1v) is 9.38. The van der Waals surface area contributed by atoms with E-state index >= 15 is 0 Å². The summed E-state index contributed by atoms with van der Waals surface area (Å²) in [6, 6.07) is 17.3. The molecule has 1 heterocycles. The van der Waals surface area contributed by atoms with Gasteiger partial charge in [-0.1, -0.05) is 23.7 Å². The summed E-state index contributed by atoms with van der Waals surface area (Å²) in [5.74, 6) is 0.618. The number of nitrogens with zero attached hydrogens (tertiary/aromatic N) is 2. The van der Waals surface area contributed by atoms with Gasteiger partial charge in [-0.15, -0.1) is 0 Å². The number of carbonyl (C=O) groups excluding carboxylic acids is 1. The third kappa shape index (κ3) is 3.97. The van der Waals surface area contributed by atoms with Gasteiger partial charge in [-0.05, 0) is 54.1 Å². The molecule has 0 fully saturated rings. The lowest BCUT2D eigenvalue weighted by Crippen LogP contribution is -2.17. The number of halogens is 1. The minimum atomic E-state index is -0.368. The number of fused-ring (bicyclic) bond motifs is 1. The number of phenols is 1. The number of aromatic hydroxyl groups is 1. The summed E-state index contributed by atoms with van der Waals surface area (Å²) in [7, 11) is 1.46. The molecule has 1 amide bonds. The van der Waals surface area contributed by atoms with Crippen LogP contribution in [0.3, 0.4) is 0 Å².